The lowest BCUT2D eigenvalue weighted by atomic mass is 10.0. The van der Waals surface area contributed by atoms with Gasteiger partial charge in [0.25, 0.3) is 0 Å². The number of benzene rings is 1. The fourth-order valence-electron chi connectivity index (χ4n) is 3.13. The number of rotatable bonds is 8. The van der Waals surface area contributed by atoms with Gasteiger partial charge in [-0.1, -0.05) is 38.1 Å². The topological polar surface area (TPSA) is 74.3 Å². The van der Waals surface area contributed by atoms with Crippen molar-refractivity contribution in [1.82, 2.24) is 15.6 Å². The average molecular weight is 401 g/mol. The third kappa shape index (κ3) is 5.55. The van der Waals surface area contributed by atoms with Crippen LogP contribution in [-0.2, 0) is 17.6 Å². The maximum absolute atomic E-state index is 12.2. The van der Waals surface area contributed by atoms with E-state index in [0.717, 1.165) is 19.3 Å². The van der Waals surface area contributed by atoms with Crippen LogP contribution in [0, 0.1) is 0 Å². The van der Waals surface area contributed by atoms with Gasteiger partial charge < -0.3 is 10.6 Å². The minimum atomic E-state index is -0.113. The lowest BCUT2D eigenvalue weighted by molar-refractivity contribution is -0.120. The van der Waals surface area contributed by atoms with E-state index in [2.05, 4.69) is 53.7 Å². The summed E-state index contributed by atoms with van der Waals surface area (Å²) in [5.41, 5.74) is 3.35. The van der Waals surface area contributed by atoms with Crippen LogP contribution in [0.15, 0.2) is 29.6 Å². The van der Waals surface area contributed by atoms with E-state index in [9.17, 15) is 9.59 Å². The maximum Gasteiger partial charge on any atom is 0.323 e. The summed E-state index contributed by atoms with van der Waals surface area (Å²) in [6, 6.07) is 8.59. The Bertz CT molecular complexity index is 801. The van der Waals surface area contributed by atoms with Crippen molar-refractivity contribution in [3.63, 3.8) is 0 Å². The Morgan fingerprint density at radius 3 is 2.82 bits per heavy atom. The first-order valence-corrected chi connectivity index (χ1v) is 10.8. The molecule has 0 spiro atoms. The molecule has 3 rings (SSSR count). The smallest absolute Gasteiger partial charge is 0.323 e. The summed E-state index contributed by atoms with van der Waals surface area (Å²) in [4.78, 5) is 30.1. The average Bonchev–Trinajstić information content (AvgIpc) is 3.14. The van der Waals surface area contributed by atoms with Crippen molar-refractivity contribution in [1.29, 1.82) is 0 Å². The Labute approximate surface area is 170 Å². The molecule has 2 aromatic rings. The second kappa shape index (κ2) is 9.68. The van der Waals surface area contributed by atoms with Crippen molar-refractivity contribution < 1.29 is 9.59 Å². The Morgan fingerprint density at radius 1 is 1.32 bits per heavy atom. The van der Waals surface area contributed by atoms with Crippen molar-refractivity contribution in [2.24, 2.45) is 0 Å². The summed E-state index contributed by atoms with van der Waals surface area (Å²) in [6.07, 6.45) is 3.00. The largest absolute Gasteiger partial charge is 0.356 e. The molecule has 1 aromatic carbocycles. The number of thiazole rings is 1. The first kappa shape index (κ1) is 20.3. The summed E-state index contributed by atoms with van der Waals surface area (Å²) in [7, 11) is 0. The lowest BCUT2D eigenvalue weighted by Crippen LogP contribution is -2.46. The van der Waals surface area contributed by atoms with Crippen molar-refractivity contribution in [2.75, 3.05) is 24.5 Å². The predicted molar refractivity (Wildman–Crippen MR) is 113 cm³/mol. The minimum absolute atomic E-state index is 0.0323. The molecule has 0 unspecified atom stereocenters. The summed E-state index contributed by atoms with van der Waals surface area (Å²) in [6.45, 7) is 6.41. The van der Waals surface area contributed by atoms with Crippen LogP contribution in [0.1, 0.15) is 49.4 Å². The van der Waals surface area contributed by atoms with Crippen LogP contribution in [0.2, 0.25) is 0 Å². The van der Waals surface area contributed by atoms with E-state index >= 15 is 0 Å². The molecule has 3 amide bonds. The number of carbonyl (C=O) groups is 2. The molecule has 0 bridgehead atoms. The van der Waals surface area contributed by atoms with Crippen LogP contribution >= 0.6 is 11.3 Å². The Balaban J connectivity index is 1.39. The molecule has 1 aromatic heterocycles. The first-order valence-electron chi connectivity index (χ1n) is 9.88. The Kier molecular flexibility index (Phi) is 7.03. The molecule has 0 aliphatic carbocycles. The SMILES string of the molecule is CC(C)c1ccc(CCCNC(=O)Cc2csc(N3CCCNC3=O)n2)cc1. The second-order valence-corrected chi connectivity index (χ2v) is 8.22. The standard InChI is InChI=1S/C21H28N4O2S/c1-15(2)17-8-6-16(7-9-17)5-3-10-22-19(26)13-18-14-28-21(24-18)25-12-4-11-23-20(25)27/h6-9,14-15H,3-5,10-13H2,1-2H3,(H,22,26)(H,23,27). The van der Waals surface area contributed by atoms with Gasteiger partial charge in [-0.15, -0.1) is 11.3 Å². The highest BCUT2D eigenvalue weighted by Gasteiger charge is 2.22. The zero-order valence-corrected chi connectivity index (χ0v) is 17.3. The van der Waals surface area contributed by atoms with Gasteiger partial charge in [0.1, 0.15) is 0 Å². The third-order valence-electron chi connectivity index (χ3n) is 4.80. The highest BCUT2D eigenvalue weighted by atomic mass is 32.1. The quantitative estimate of drug-likeness (QED) is 0.666. The van der Waals surface area contributed by atoms with Crippen LogP contribution in [0.25, 0.3) is 0 Å². The number of anilines is 1. The van der Waals surface area contributed by atoms with Gasteiger partial charge >= 0.3 is 6.03 Å². The molecule has 0 radical (unpaired) electrons. The molecule has 0 saturated carbocycles. The molecule has 150 valence electrons. The molecule has 1 aliphatic rings. The summed E-state index contributed by atoms with van der Waals surface area (Å²) in [5.74, 6) is 0.513. The maximum atomic E-state index is 12.2. The molecule has 1 saturated heterocycles. The number of amides is 3. The monoisotopic (exact) mass is 400 g/mol. The predicted octanol–water partition coefficient (Wildman–Crippen LogP) is 3.48. The summed E-state index contributed by atoms with van der Waals surface area (Å²) >= 11 is 1.40. The van der Waals surface area contributed by atoms with E-state index in [1.165, 1.54) is 22.5 Å². The van der Waals surface area contributed by atoms with Gasteiger partial charge in [0.15, 0.2) is 5.13 Å². The number of hydrogen-bond acceptors (Lipinski definition) is 4. The lowest BCUT2D eigenvalue weighted by Gasteiger charge is -2.24. The first-order chi connectivity index (χ1) is 13.5. The number of carbonyl (C=O) groups excluding carboxylic acids is 2. The van der Waals surface area contributed by atoms with Gasteiger partial charge in [-0.25, -0.2) is 9.78 Å². The van der Waals surface area contributed by atoms with Crippen molar-refractivity contribution >= 4 is 28.4 Å². The minimum Gasteiger partial charge on any atom is -0.356 e. The van der Waals surface area contributed by atoms with E-state index in [-0.39, 0.29) is 18.4 Å². The molecule has 28 heavy (non-hydrogen) atoms. The molecule has 0 atom stereocenters. The Morgan fingerprint density at radius 2 is 2.11 bits per heavy atom. The van der Waals surface area contributed by atoms with Crippen LogP contribution in [-0.4, -0.2) is 36.6 Å². The normalized spacial score (nSPS) is 14.2. The molecule has 2 heterocycles. The number of nitrogens with one attached hydrogen (secondary N) is 2. The van der Waals surface area contributed by atoms with Gasteiger partial charge in [-0.3, -0.25) is 9.69 Å². The molecular weight excluding hydrogens is 372 g/mol. The van der Waals surface area contributed by atoms with Crippen molar-refractivity contribution in [2.45, 2.75) is 45.4 Å². The van der Waals surface area contributed by atoms with Crippen molar-refractivity contribution in [3.8, 4) is 0 Å². The van der Waals surface area contributed by atoms with Gasteiger partial charge in [0.2, 0.25) is 5.91 Å². The van der Waals surface area contributed by atoms with E-state index in [4.69, 9.17) is 0 Å². The zero-order chi connectivity index (χ0) is 19.9. The number of aromatic nitrogens is 1. The van der Waals surface area contributed by atoms with E-state index in [1.807, 2.05) is 5.38 Å². The second-order valence-electron chi connectivity index (χ2n) is 7.39. The van der Waals surface area contributed by atoms with Crippen molar-refractivity contribution in [3.05, 3.63) is 46.5 Å². The van der Waals surface area contributed by atoms with Gasteiger partial charge in [0.05, 0.1) is 12.1 Å². The van der Waals surface area contributed by atoms with E-state index < -0.39 is 0 Å². The Hall–Kier alpha value is -2.41. The number of urea groups is 1. The molecule has 6 nitrogen and oxygen atoms in total. The zero-order valence-electron chi connectivity index (χ0n) is 16.5. The number of hydrogen-bond donors (Lipinski definition) is 2. The summed E-state index contributed by atoms with van der Waals surface area (Å²) < 4.78 is 0. The summed E-state index contributed by atoms with van der Waals surface area (Å²) in [5, 5.41) is 8.28. The molecule has 1 fully saturated rings. The van der Waals surface area contributed by atoms with Gasteiger partial charge in [-0.2, -0.15) is 0 Å². The number of aryl methyl sites for hydroxylation is 1. The highest BCUT2D eigenvalue weighted by Crippen LogP contribution is 2.22. The van der Waals surface area contributed by atoms with Crippen LogP contribution in [0.5, 0.6) is 0 Å². The fraction of sp³-hybridized carbons (Fsp3) is 0.476. The highest BCUT2D eigenvalue weighted by molar-refractivity contribution is 7.14. The molecule has 2 N–H and O–H groups in total. The van der Waals surface area contributed by atoms with Gasteiger partial charge in [0, 0.05) is 25.0 Å². The van der Waals surface area contributed by atoms with Crippen LogP contribution in [0.4, 0.5) is 9.93 Å². The molecule has 7 heteroatoms. The van der Waals surface area contributed by atoms with Crippen LogP contribution < -0.4 is 15.5 Å². The molecule has 1 aliphatic heterocycles. The van der Waals surface area contributed by atoms with Crippen LogP contribution in [0.3, 0.4) is 0 Å². The third-order valence-corrected chi connectivity index (χ3v) is 5.72. The van der Waals surface area contributed by atoms with E-state index in [1.54, 1.807) is 4.90 Å². The number of nitrogens with zero attached hydrogens (tertiary/aromatic N) is 2. The van der Waals surface area contributed by atoms with Gasteiger partial charge in [-0.05, 0) is 36.3 Å². The van der Waals surface area contributed by atoms with E-state index in [0.29, 0.717) is 36.4 Å². The fourth-order valence-corrected chi connectivity index (χ4v) is 3.98. The molecular formula is C21H28N4O2S.